The molecule has 2 N–H and O–H groups in total. The van der Waals surface area contributed by atoms with Gasteiger partial charge in [0.1, 0.15) is 5.75 Å². The number of piperazine rings is 1. The van der Waals surface area contributed by atoms with Gasteiger partial charge in [0.25, 0.3) is 0 Å². The SMILES string of the molecule is CNC(=O)N1CCN(C(=O)Oc2ccccc2[C@H](C)C(=O)O)CC1. The molecule has 0 unspecified atom stereocenters. The molecule has 0 bridgehead atoms. The molecule has 2 rings (SSSR count). The molecule has 1 aliphatic rings. The zero-order valence-corrected chi connectivity index (χ0v) is 13.7. The summed E-state index contributed by atoms with van der Waals surface area (Å²) < 4.78 is 5.38. The molecule has 1 aromatic rings. The van der Waals surface area contributed by atoms with Crippen molar-refractivity contribution in [3.8, 4) is 5.75 Å². The summed E-state index contributed by atoms with van der Waals surface area (Å²) in [5, 5.41) is 11.7. The van der Waals surface area contributed by atoms with Crippen LogP contribution in [0.25, 0.3) is 0 Å². The quantitative estimate of drug-likeness (QED) is 0.868. The average molecular weight is 335 g/mol. The molecule has 0 radical (unpaired) electrons. The van der Waals surface area contributed by atoms with E-state index in [2.05, 4.69) is 5.32 Å². The number of amides is 3. The highest BCUT2D eigenvalue weighted by Crippen LogP contribution is 2.27. The largest absolute Gasteiger partial charge is 0.481 e. The first-order valence-electron chi connectivity index (χ1n) is 7.69. The summed E-state index contributed by atoms with van der Waals surface area (Å²) in [5.41, 5.74) is 0.447. The van der Waals surface area contributed by atoms with E-state index in [-0.39, 0.29) is 11.8 Å². The predicted molar refractivity (Wildman–Crippen MR) is 86.1 cm³/mol. The van der Waals surface area contributed by atoms with Gasteiger partial charge in [-0.2, -0.15) is 0 Å². The van der Waals surface area contributed by atoms with Crippen LogP contribution in [0.4, 0.5) is 9.59 Å². The Morgan fingerprint density at radius 2 is 1.71 bits per heavy atom. The number of nitrogens with one attached hydrogen (secondary N) is 1. The molecule has 1 fully saturated rings. The number of carbonyl (C=O) groups is 3. The summed E-state index contributed by atoms with van der Waals surface area (Å²) in [6, 6.07) is 6.42. The van der Waals surface area contributed by atoms with Gasteiger partial charge in [0.15, 0.2) is 0 Å². The Balaban J connectivity index is 2.01. The molecule has 8 heteroatoms. The maximum absolute atomic E-state index is 12.3. The number of carboxylic acid groups (broad SMARTS) is 1. The van der Waals surface area contributed by atoms with Gasteiger partial charge in [-0.3, -0.25) is 4.79 Å². The summed E-state index contributed by atoms with van der Waals surface area (Å²) in [6.45, 7) is 3.10. The summed E-state index contributed by atoms with van der Waals surface area (Å²) in [6.07, 6.45) is -0.545. The number of hydrogen-bond donors (Lipinski definition) is 2. The van der Waals surface area contributed by atoms with Crippen LogP contribution >= 0.6 is 0 Å². The van der Waals surface area contributed by atoms with E-state index in [1.54, 1.807) is 36.2 Å². The third-order valence-electron chi connectivity index (χ3n) is 3.99. The molecular weight excluding hydrogens is 314 g/mol. The molecule has 1 aromatic carbocycles. The molecule has 0 aromatic heterocycles. The van der Waals surface area contributed by atoms with Crippen molar-refractivity contribution in [2.75, 3.05) is 33.2 Å². The normalized spacial score (nSPS) is 15.6. The molecule has 0 aliphatic carbocycles. The van der Waals surface area contributed by atoms with Gasteiger partial charge in [-0.05, 0) is 13.0 Å². The minimum atomic E-state index is -0.988. The number of carboxylic acids is 1. The molecule has 130 valence electrons. The lowest BCUT2D eigenvalue weighted by Crippen LogP contribution is -2.53. The molecule has 24 heavy (non-hydrogen) atoms. The van der Waals surface area contributed by atoms with Crippen molar-refractivity contribution in [2.45, 2.75) is 12.8 Å². The summed E-state index contributed by atoms with van der Waals surface area (Å²) in [4.78, 5) is 38.1. The number of rotatable bonds is 3. The number of ether oxygens (including phenoxy) is 1. The van der Waals surface area contributed by atoms with Gasteiger partial charge in [-0.15, -0.1) is 0 Å². The van der Waals surface area contributed by atoms with E-state index >= 15 is 0 Å². The molecule has 1 atom stereocenters. The third-order valence-corrected chi connectivity index (χ3v) is 3.99. The van der Waals surface area contributed by atoms with E-state index in [4.69, 9.17) is 9.84 Å². The lowest BCUT2D eigenvalue weighted by molar-refractivity contribution is -0.138. The molecule has 1 aliphatic heterocycles. The van der Waals surface area contributed by atoms with Crippen molar-refractivity contribution in [3.05, 3.63) is 29.8 Å². The Bertz CT molecular complexity index is 626. The number of nitrogens with zero attached hydrogens (tertiary/aromatic N) is 2. The van der Waals surface area contributed by atoms with Gasteiger partial charge in [-0.25, -0.2) is 9.59 Å². The zero-order chi connectivity index (χ0) is 17.7. The Kier molecular flexibility index (Phi) is 5.62. The third kappa shape index (κ3) is 3.95. The second-order valence-corrected chi connectivity index (χ2v) is 5.49. The van der Waals surface area contributed by atoms with Crippen LogP contribution < -0.4 is 10.1 Å². The van der Waals surface area contributed by atoms with E-state index < -0.39 is 18.0 Å². The Morgan fingerprint density at radius 1 is 1.12 bits per heavy atom. The molecule has 0 spiro atoms. The van der Waals surface area contributed by atoms with Crippen molar-refractivity contribution in [1.82, 2.24) is 15.1 Å². The van der Waals surface area contributed by atoms with Crippen LogP contribution in [0.1, 0.15) is 18.4 Å². The summed E-state index contributed by atoms with van der Waals surface area (Å²) in [5.74, 6) is -1.53. The smallest absolute Gasteiger partial charge is 0.415 e. The van der Waals surface area contributed by atoms with Crippen LogP contribution in [0.2, 0.25) is 0 Å². The highest BCUT2D eigenvalue weighted by atomic mass is 16.6. The van der Waals surface area contributed by atoms with E-state index in [0.717, 1.165) is 0 Å². The first-order chi connectivity index (χ1) is 11.4. The average Bonchev–Trinajstić information content (AvgIpc) is 2.60. The molecule has 1 heterocycles. The minimum absolute atomic E-state index is 0.177. The van der Waals surface area contributed by atoms with Crippen molar-refractivity contribution in [2.24, 2.45) is 0 Å². The Morgan fingerprint density at radius 3 is 2.29 bits per heavy atom. The molecule has 3 amide bonds. The number of aliphatic carboxylic acids is 1. The summed E-state index contributed by atoms with van der Waals surface area (Å²) >= 11 is 0. The van der Waals surface area contributed by atoms with E-state index in [0.29, 0.717) is 31.7 Å². The lowest BCUT2D eigenvalue weighted by atomic mass is 10.0. The van der Waals surface area contributed by atoms with Crippen LogP contribution in [0, 0.1) is 0 Å². The number of hydrogen-bond acceptors (Lipinski definition) is 4. The van der Waals surface area contributed by atoms with Gasteiger partial charge in [-0.1, -0.05) is 18.2 Å². The predicted octanol–water partition coefficient (Wildman–Crippen LogP) is 1.33. The molecular formula is C16H21N3O5. The van der Waals surface area contributed by atoms with Crippen molar-refractivity contribution >= 4 is 18.1 Å². The van der Waals surface area contributed by atoms with Crippen LogP contribution in [0.3, 0.4) is 0 Å². The molecule has 0 saturated carbocycles. The van der Waals surface area contributed by atoms with Gasteiger partial charge in [0, 0.05) is 38.8 Å². The minimum Gasteiger partial charge on any atom is -0.481 e. The second kappa shape index (κ2) is 7.67. The molecule has 1 saturated heterocycles. The van der Waals surface area contributed by atoms with Crippen LogP contribution in [0.15, 0.2) is 24.3 Å². The van der Waals surface area contributed by atoms with E-state index in [1.165, 1.54) is 11.8 Å². The van der Waals surface area contributed by atoms with Gasteiger partial charge in [0.2, 0.25) is 0 Å². The fraction of sp³-hybridized carbons (Fsp3) is 0.438. The fourth-order valence-corrected chi connectivity index (χ4v) is 2.47. The fourth-order valence-electron chi connectivity index (χ4n) is 2.47. The molecule has 8 nitrogen and oxygen atoms in total. The Hall–Kier alpha value is -2.77. The topological polar surface area (TPSA) is 99.2 Å². The number of benzene rings is 1. The van der Waals surface area contributed by atoms with E-state index in [1.807, 2.05) is 0 Å². The monoisotopic (exact) mass is 335 g/mol. The summed E-state index contributed by atoms with van der Waals surface area (Å²) in [7, 11) is 1.56. The van der Waals surface area contributed by atoms with Crippen molar-refractivity contribution in [3.63, 3.8) is 0 Å². The highest BCUT2D eigenvalue weighted by molar-refractivity contribution is 5.78. The first-order valence-corrected chi connectivity index (χ1v) is 7.69. The Labute approximate surface area is 140 Å². The van der Waals surface area contributed by atoms with Crippen LogP contribution in [0.5, 0.6) is 5.75 Å². The number of urea groups is 1. The second-order valence-electron chi connectivity index (χ2n) is 5.49. The van der Waals surface area contributed by atoms with Gasteiger partial charge in [0.05, 0.1) is 5.92 Å². The van der Waals surface area contributed by atoms with Crippen LogP contribution in [-0.4, -0.2) is 66.2 Å². The van der Waals surface area contributed by atoms with Gasteiger partial charge < -0.3 is 25.0 Å². The zero-order valence-electron chi connectivity index (χ0n) is 13.7. The maximum Gasteiger partial charge on any atom is 0.415 e. The van der Waals surface area contributed by atoms with Gasteiger partial charge >= 0.3 is 18.1 Å². The van der Waals surface area contributed by atoms with E-state index in [9.17, 15) is 14.4 Å². The number of para-hydroxylation sites is 1. The maximum atomic E-state index is 12.3. The van der Waals surface area contributed by atoms with Crippen molar-refractivity contribution < 1.29 is 24.2 Å². The van der Waals surface area contributed by atoms with Crippen LogP contribution in [-0.2, 0) is 4.79 Å². The van der Waals surface area contributed by atoms with Crippen molar-refractivity contribution in [1.29, 1.82) is 0 Å². The lowest BCUT2D eigenvalue weighted by Gasteiger charge is -2.33. The first kappa shape index (κ1) is 17.6. The number of carbonyl (C=O) groups excluding carboxylic acids is 2. The highest BCUT2D eigenvalue weighted by Gasteiger charge is 2.26. The standard InChI is InChI=1S/C16H21N3O5/c1-11(14(20)21)12-5-3-4-6-13(12)24-16(23)19-9-7-18(8-10-19)15(22)17-2/h3-6,11H,7-10H2,1-2H3,(H,17,22)(H,20,21)/t11-/m0/s1.